The second-order valence-electron chi connectivity index (χ2n) is 12.5. The normalized spacial score (nSPS) is 11.2. The summed E-state index contributed by atoms with van der Waals surface area (Å²) >= 11 is 0. The van der Waals surface area contributed by atoms with Crippen LogP contribution in [0.1, 0.15) is 36.6 Å². The minimum atomic E-state index is -0.532. The van der Waals surface area contributed by atoms with Gasteiger partial charge in [-0.2, -0.15) is 0 Å². The molecule has 0 aliphatic carbocycles. The van der Waals surface area contributed by atoms with Crippen molar-refractivity contribution in [3.05, 3.63) is 229 Å². The molecule has 0 aromatic heterocycles. The van der Waals surface area contributed by atoms with Crippen molar-refractivity contribution < 1.29 is 0 Å². The smallest absolute Gasteiger partial charge is 0.0368 e. The Kier molecular flexibility index (Phi) is 17.9. The molecular weight excluding hydrogens is 691 g/mol. The predicted octanol–water partition coefficient (Wildman–Crippen LogP) is 10.6. The van der Waals surface area contributed by atoms with E-state index in [1.807, 2.05) is 50.2 Å². The van der Waals surface area contributed by atoms with E-state index in [1.165, 1.54) is 37.9 Å². The summed E-state index contributed by atoms with van der Waals surface area (Å²) in [6.07, 6.45) is 2.15. The average molecular weight is 745 g/mol. The minimum Gasteiger partial charge on any atom is -0.312 e. The molecule has 0 aliphatic rings. The summed E-state index contributed by atoms with van der Waals surface area (Å²) in [4.78, 5) is 0. The van der Waals surface area contributed by atoms with Gasteiger partial charge in [0.25, 0.3) is 0 Å². The summed E-state index contributed by atoms with van der Waals surface area (Å²) < 4.78 is 0. The zero-order valence-corrected chi connectivity index (χ0v) is 33.5. The van der Waals surface area contributed by atoms with Gasteiger partial charge in [0, 0.05) is 19.1 Å². The first kappa shape index (κ1) is 40.5. The van der Waals surface area contributed by atoms with Crippen molar-refractivity contribution in [2.45, 2.75) is 33.0 Å². The van der Waals surface area contributed by atoms with Gasteiger partial charge in [-0.1, -0.05) is 226 Å². The predicted molar refractivity (Wildman–Crippen MR) is 240 cm³/mol. The van der Waals surface area contributed by atoms with Gasteiger partial charge in [-0.25, -0.2) is 0 Å². The summed E-state index contributed by atoms with van der Waals surface area (Å²) in [6.45, 7) is 6.66. The zero-order chi connectivity index (χ0) is 37.5. The summed E-state index contributed by atoms with van der Waals surface area (Å²) in [6, 6.07) is 76.2. The van der Waals surface area contributed by atoms with Crippen LogP contribution in [0.4, 0.5) is 0 Å². The Hall–Kier alpha value is -4.68. The molecule has 274 valence electrons. The van der Waals surface area contributed by atoms with Crippen LogP contribution < -0.4 is 31.9 Å². The molecule has 7 aromatic carbocycles. The third kappa shape index (κ3) is 13.0. The highest BCUT2D eigenvalue weighted by Gasteiger charge is 2.21. The topological polar surface area (TPSA) is 24.1 Å². The first-order valence-corrected chi connectivity index (χ1v) is 22.2. The number of rotatable bonds is 15. The molecule has 54 heavy (non-hydrogen) atoms. The molecule has 0 saturated heterocycles. The Morgan fingerprint density at radius 1 is 0.389 bits per heavy atom. The quantitative estimate of drug-likeness (QED) is 0.0807. The Balaban J connectivity index is 0.000000630. The molecule has 0 saturated carbocycles. The Morgan fingerprint density at radius 2 is 0.722 bits per heavy atom. The maximum atomic E-state index is 4.01. The molecule has 2 nitrogen and oxygen atoms in total. The summed E-state index contributed by atoms with van der Waals surface area (Å²) in [5.41, 5.74) is 4.06. The molecule has 0 amide bonds. The first-order chi connectivity index (χ1) is 26.8. The third-order valence-electron chi connectivity index (χ3n) is 8.99. The van der Waals surface area contributed by atoms with Gasteiger partial charge in [-0.3, -0.25) is 0 Å². The highest BCUT2D eigenvalue weighted by atomic mass is 31.1. The van der Waals surface area contributed by atoms with E-state index in [0.717, 1.165) is 32.0 Å². The van der Waals surface area contributed by atoms with Crippen molar-refractivity contribution in [3.63, 3.8) is 0 Å². The van der Waals surface area contributed by atoms with Crippen LogP contribution in [0.5, 0.6) is 0 Å². The monoisotopic (exact) mass is 744 g/mol. The van der Waals surface area contributed by atoms with Crippen molar-refractivity contribution in [3.8, 4) is 0 Å². The van der Waals surface area contributed by atoms with Gasteiger partial charge in [0.15, 0.2) is 0 Å². The van der Waals surface area contributed by atoms with Gasteiger partial charge in [-0.05, 0) is 72.6 Å². The van der Waals surface area contributed by atoms with Gasteiger partial charge in [0.1, 0.15) is 0 Å². The van der Waals surface area contributed by atoms with Crippen LogP contribution in [0.15, 0.2) is 212 Å². The van der Waals surface area contributed by atoms with E-state index in [2.05, 4.69) is 187 Å². The molecule has 0 bridgehead atoms. The van der Waals surface area contributed by atoms with E-state index in [-0.39, 0.29) is 6.04 Å². The highest BCUT2D eigenvalue weighted by molar-refractivity contribution is 7.73. The number of hydrogen-bond acceptors (Lipinski definition) is 2. The molecule has 1 unspecified atom stereocenters. The van der Waals surface area contributed by atoms with Crippen LogP contribution in [0.25, 0.3) is 0 Å². The lowest BCUT2D eigenvalue weighted by Crippen LogP contribution is -2.28. The van der Waals surface area contributed by atoms with Gasteiger partial charge in [0.2, 0.25) is 0 Å². The number of hydrogen-bond donors (Lipinski definition) is 2. The van der Waals surface area contributed by atoms with E-state index in [9.17, 15) is 0 Å². The van der Waals surface area contributed by atoms with Crippen LogP contribution in [0.3, 0.4) is 0 Å². The van der Waals surface area contributed by atoms with Gasteiger partial charge in [0.05, 0.1) is 0 Å². The van der Waals surface area contributed by atoms with Crippen LogP contribution >= 0.6 is 15.8 Å². The van der Waals surface area contributed by atoms with Crippen molar-refractivity contribution in [1.29, 1.82) is 0 Å². The number of nitrogens with one attached hydrogen (secondary N) is 2. The minimum absolute atomic E-state index is 0.231. The fourth-order valence-electron chi connectivity index (χ4n) is 6.29. The van der Waals surface area contributed by atoms with Crippen molar-refractivity contribution >= 4 is 37.1 Å². The summed E-state index contributed by atoms with van der Waals surface area (Å²) in [5, 5.41) is 13.5. The van der Waals surface area contributed by atoms with E-state index >= 15 is 0 Å². The fourth-order valence-corrected chi connectivity index (χ4v) is 11.0. The van der Waals surface area contributed by atoms with E-state index in [0.29, 0.717) is 0 Å². The Bertz CT molecular complexity index is 1850. The molecule has 0 spiro atoms. The van der Waals surface area contributed by atoms with Crippen LogP contribution in [0, 0.1) is 0 Å². The summed E-state index contributed by atoms with van der Waals surface area (Å²) in [7, 11) is -0.932. The fraction of sp³-hybridized carbons (Fsp3) is 0.160. The van der Waals surface area contributed by atoms with Crippen molar-refractivity contribution in [1.82, 2.24) is 10.6 Å². The van der Waals surface area contributed by atoms with E-state index in [4.69, 9.17) is 0 Å². The molecular formula is C50H54N2P2. The molecule has 4 heteroatoms. The second-order valence-corrected chi connectivity index (χ2v) is 17.1. The average Bonchev–Trinajstić information content (AvgIpc) is 3.27. The third-order valence-corrected chi connectivity index (χ3v) is 14.1. The van der Waals surface area contributed by atoms with E-state index in [1.54, 1.807) is 0 Å². The van der Waals surface area contributed by atoms with Gasteiger partial charge >= 0.3 is 0 Å². The molecule has 7 aromatic rings. The van der Waals surface area contributed by atoms with Gasteiger partial charge < -0.3 is 10.6 Å². The Morgan fingerprint density at radius 3 is 1.15 bits per heavy atom. The lowest BCUT2D eigenvalue weighted by molar-refractivity contribution is 0.576. The van der Waals surface area contributed by atoms with Crippen molar-refractivity contribution in [2.24, 2.45) is 0 Å². The molecule has 2 N–H and O–H groups in total. The standard InChI is InChI=1S/C42H42N2P2.C6H6.C2H6/c1-6-18-35(19-7-1)42(34-46(40-26-12-4-13-27-40)41-28-14-5-15-29-41)44-33-37-21-17-16-20-36(37)32-43-30-31-45(38-22-8-2-9-23-38)39-24-10-3-11-25-39;1-2-4-6-5-3-1;1-2/h1-29,42-44H,30-34H2;1-6H;1-2H3. The maximum absolute atomic E-state index is 4.01. The Labute approximate surface area is 327 Å². The van der Waals surface area contributed by atoms with E-state index < -0.39 is 15.8 Å². The molecule has 1 atom stereocenters. The lowest BCUT2D eigenvalue weighted by atomic mass is 10.1. The number of benzene rings is 7. The SMILES string of the molecule is CC.c1ccc(C(CP(c2ccccc2)c2ccccc2)NCc2ccccc2CNCCP(c2ccccc2)c2ccccc2)cc1.c1ccccc1. The van der Waals surface area contributed by atoms with Crippen LogP contribution in [0.2, 0.25) is 0 Å². The largest absolute Gasteiger partial charge is 0.312 e. The maximum Gasteiger partial charge on any atom is 0.0368 e. The first-order valence-electron chi connectivity index (χ1n) is 19.2. The molecule has 0 heterocycles. The second kappa shape index (κ2) is 23.9. The van der Waals surface area contributed by atoms with Crippen LogP contribution in [-0.2, 0) is 13.1 Å². The molecule has 0 aliphatic heterocycles. The van der Waals surface area contributed by atoms with Crippen LogP contribution in [-0.4, -0.2) is 18.9 Å². The molecule has 0 fully saturated rings. The van der Waals surface area contributed by atoms with Crippen molar-refractivity contribution in [2.75, 3.05) is 18.9 Å². The molecule has 7 rings (SSSR count). The zero-order valence-electron chi connectivity index (χ0n) is 31.7. The lowest BCUT2D eigenvalue weighted by Gasteiger charge is -2.27. The highest BCUT2D eigenvalue weighted by Crippen LogP contribution is 2.38. The van der Waals surface area contributed by atoms with Gasteiger partial charge in [-0.15, -0.1) is 0 Å². The summed E-state index contributed by atoms with van der Waals surface area (Å²) in [5.74, 6) is 0. The molecule has 0 radical (unpaired) electrons.